The number of rotatable bonds is 3. The van der Waals surface area contributed by atoms with E-state index < -0.39 is 11.6 Å². The summed E-state index contributed by atoms with van der Waals surface area (Å²) in [6, 6.07) is 15.8. The van der Waals surface area contributed by atoms with Crippen molar-refractivity contribution in [3.05, 3.63) is 78.4 Å². The Morgan fingerprint density at radius 2 is 1.04 bits per heavy atom. The van der Waals surface area contributed by atoms with Crippen LogP contribution in [0, 0.1) is 11.6 Å². The Labute approximate surface area is 131 Å². The minimum absolute atomic E-state index is 0.151. The summed E-state index contributed by atoms with van der Waals surface area (Å²) in [5.74, 6) is -1.95. The second-order valence-electron chi connectivity index (χ2n) is 4.88. The van der Waals surface area contributed by atoms with E-state index in [-0.39, 0.29) is 28.6 Å². The zero-order valence-corrected chi connectivity index (χ0v) is 11.9. The minimum Gasteiger partial charge on any atom is -0.506 e. The molecular formula is C18H13F2NO2. The lowest BCUT2D eigenvalue weighted by Crippen LogP contribution is -2.13. The molecule has 0 unspecified atom stereocenters. The second-order valence-corrected chi connectivity index (χ2v) is 4.88. The lowest BCUT2D eigenvalue weighted by molar-refractivity contribution is 0.472. The quantitative estimate of drug-likeness (QED) is 0.727. The van der Waals surface area contributed by atoms with Crippen LogP contribution in [0.2, 0.25) is 0 Å². The predicted octanol–water partition coefficient (Wildman–Crippen LogP) is 4.85. The minimum atomic E-state index is -0.809. The molecule has 0 atom stereocenters. The van der Waals surface area contributed by atoms with Gasteiger partial charge in [0.25, 0.3) is 0 Å². The van der Waals surface area contributed by atoms with Gasteiger partial charge in [-0.15, -0.1) is 0 Å². The van der Waals surface area contributed by atoms with Crippen molar-refractivity contribution in [1.82, 2.24) is 0 Å². The summed E-state index contributed by atoms with van der Waals surface area (Å²) in [7, 11) is 0. The number of para-hydroxylation sites is 5. The van der Waals surface area contributed by atoms with Gasteiger partial charge in [-0.3, -0.25) is 4.90 Å². The Morgan fingerprint density at radius 3 is 1.48 bits per heavy atom. The van der Waals surface area contributed by atoms with Crippen LogP contribution in [-0.4, -0.2) is 10.2 Å². The predicted molar refractivity (Wildman–Crippen MR) is 84.4 cm³/mol. The Balaban J connectivity index is 2.32. The number of aromatic hydroxyl groups is 2. The number of phenols is 2. The Kier molecular flexibility index (Phi) is 3.85. The molecule has 0 aliphatic rings. The molecule has 0 fully saturated rings. The summed E-state index contributed by atoms with van der Waals surface area (Å²) in [6.45, 7) is 0. The van der Waals surface area contributed by atoms with Crippen LogP contribution in [0.3, 0.4) is 0 Å². The van der Waals surface area contributed by atoms with Crippen molar-refractivity contribution in [2.45, 2.75) is 0 Å². The molecule has 0 radical (unpaired) electrons. The molecule has 0 aliphatic heterocycles. The number of hydrogen-bond acceptors (Lipinski definition) is 3. The molecular weight excluding hydrogens is 300 g/mol. The van der Waals surface area contributed by atoms with Crippen LogP contribution in [0.1, 0.15) is 0 Å². The first kappa shape index (κ1) is 14.8. The van der Waals surface area contributed by atoms with Crippen LogP contribution >= 0.6 is 0 Å². The van der Waals surface area contributed by atoms with Gasteiger partial charge >= 0.3 is 0 Å². The molecule has 0 aromatic heterocycles. The van der Waals surface area contributed by atoms with Crippen molar-refractivity contribution in [3.8, 4) is 11.5 Å². The Hall–Kier alpha value is -3.08. The summed E-state index contributed by atoms with van der Waals surface area (Å²) in [5, 5.41) is 20.2. The van der Waals surface area contributed by atoms with Crippen molar-refractivity contribution in [1.29, 1.82) is 0 Å². The molecule has 3 aromatic rings. The maximum atomic E-state index is 14.3. The molecule has 3 aromatic carbocycles. The second kappa shape index (κ2) is 5.96. The molecule has 116 valence electrons. The summed E-state index contributed by atoms with van der Waals surface area (Å²) in [5.41, 5.74) is -0.0773. The molecule has 23 heavy (non-hydrogen) atoms. The summed E-state index contributed by atoms with van der Waals surface area (Å²) in [4.78, 5) is 1.15. The fourth-order valence-electron chi connectivity index (χ4n) is 2.38. The van der Waals surface area contributed by atoms with Crippen LogP contribution in [0.15, 0.2) is 66.7 Å². The lowest BCUT2D eigenvalue weighted by Gasteiger charge is -2.27. The molecule has 0 amide bonds. The Morgan fingerprint density at radius 1 is 0.609 bits per heavy atom. The fourth-order valence-corrected chi connectivity index (χ4v) is 2.38. The smallest absolute Gasteiger partial charge is 0.150 e. The van der Waals surface area contributed by atoms with Crippen molar-refractivity contribution < 1.29 is 19.0 Å². The highest BCUT2D eigenvalue weighted by atomic mass is 19.1. The largest absolute Gasteiger partial charge is 0.506 e. The summed E-state index contributed by atoms with van der Waals surface area (Å²) >= 11 is 0. The van der Waals surface area contributed by atoms with E-state index in [0.717, 1.165) is 17.0 Å². The van der Waals surface area contributed by atoms with Crippen LogP contribution in [0.25, 0.3) is 0 Å². The monoisotopic (exact) mass is 313 g/mol. The molecule has 0 spiro atoms. The number of halogens is 2. The average Bonchev–Trinajstić information content (AvgIpc) is 2.53. The molecule has 0 saturated heterocycles. The molecule has 0 bridgehead atoms. The zero-order valence-electron chi connectivity index (χ0n) is 11.9. The summed E-state index contributed by atoms with van der Waals surface area (Å²) < 4.78 is 28.6. The first-order valence-electron chi connectivity index (χ1n) is 6.89. The number of anilines is 3. The van der Waals surface area contributed by atoms with E-state index in [1.165, 1.54) is 30.3 Å². The maximum absolute atomic E-state index is 14.3. The van der Waals surface area contributed by atoms with Crippen molar-refractivity contribution in [3.63, 3.8) is 0 Å². The normalized spacial score (nSPS) is 10.5. The zero-order chi connectivity index (χ0) is 16.4. The third-order valence-electron chi connectivity index (χ3n) is 3.41. The van der Waals surface area contributed by atoms with Crippen molar-refractivity contribution in [2.75, 3.05) is 4.90 Å². The fraction of sp³-hybridized carbons (Fsp3) is 0. The van der Waals surface area contributed by atoms with Crippen molar-refractivity contribution >= 4 is 17.1 Å². The van der Waals surface area contributed by atoms with Crippen LogP contribution in [0.4, 0.5) is 25.8 Å². The highest BCUT2D eigenvalue weighted by molar-refractivity contribution is 5.83. The van der Waals surface area contributed by atoms with Gasteiger partial charge in [-0.25, -0.2) is 8.78 Å². The SMILES string of the molecule is Oc1ccccc1N(c1ccccc1O)c1c(F)cccc1F. The van der Waals surface area contributed by atoms with Gasteiger partial charge in [-0.1, -0.05) is 30.3 Å². The first-order valence-corrected chi connectivity index (χ1v) is 6.89. The van der Waals surface area contributed by atoms with Gasteiger partial charge < -0.3 is 10.2 Å². The third kappa shape index (κ3) is 2.68. The Bertz CT molecular complexity index is 786. The number of benzene rings is 3. The topological polar surface area (TPSA) is 43.7 Å². The lowest BCUT2D eigenvalue weighted by atomic mass is 10.1. The van der Waals surface area contributed by atoms with E-state index in [2.05, 4.69) is 0 Å². The van der Waals surface area contributed by atoms with Crippen LogP contribution < -0.4 is 4.90 Å². The van der Waals surface area contributed by atoms with E-state index in [1.807, 2.05) is 0 Å². The number of phenolic OH excluding ortho intramolecular Hbond substituents is 2. The number of nitrogens with zero attached hydrogens (tertiary/aromatic N) is 1. The molecule has 2 N–H and O–H groups in total. The van der Waals surface area contributed by atoms with Gasteiger partial charge in [0.05, 0.1) is 11.4 Å². The molecule has 0 saturated carbocycles. The van der Waals surface area contributed by atoms with E-state index in [4.69, 9.17) is 0 Å². The van der Waals surface area contributed by atoms with E-state index in [1.54, 1.807) is 24.3 Å². The highest BCUT2D eigenvalue weighted by Crippen LogP contribution is 2.44. The average molecular weight is 313 g/mol. The van der Waals surface area contributed by atoms with Gasteiger partial charge in [0, 0.05) is 0 Å². The van der Waals surface area contributed by atoms with E-state index in [0.29, 0.717) is 0 Å². The molecule has 0 aliphatic carbocycles. The maximum Gasteiger partial charge on any atom is 0.150 e. The standard InChI is InChI=1S/C18H13F2NO2/c19-12-6-5-7-13(20)18(12)21(14-8-1-3-10-16(14)22)15-9-2-4-11-17(15)23/h1-11,22-23H. The number of hydrogen-bond donors (Lipinski definition) is 2. The van der Waals surface area contributed by atoms with Crippen LogP contribution in [0.5, 0.6) is 11.5 Å². The van der Waals surface area contributed by atoms with Crippen LogP contribution in [-0.2, 0) is 0 Å². The van der Waals surface area contributed by atoms with Gasteiger partial charge in [0.2, 0.25) is 0 Å². The molecule has 3 rings (SSSR count). The molecule has 5 heteroatoms. The van der Waals surface area contributed by atoms with Crippen molar-refractivity contribution in [2.24, 2.45) is 0 Å². The van der Waals surface area contributed by atoms with E-state index >= 15 is 0 Å². The highest BCUT2D eigenvalue weighted by Gasteiger charge is 2.24. The first-order chi connectivity index (χ1) is 11.1. The van der Waals surface area contributed by atoms with Gasteiger partial charge in [-0.05, 0) is 36.4 Å². The molecule has 3 nitrogen and oxygen atoms in total. The molecule has 0 heterocycles. The van der Waals surface area contributed by atoms with Gasteiger partial charge in [0.15, 0.2) is 0 Å². The van der Waals surface area contributed by atoms with E-state index in [9.17, 15) is 19.0 Å². The third-order valence-corrected chi connectivity index (χ3v) is 3.41. The van der Waals surface area contributed by atoms with Gasteiger partial charge in [0.1, 0.15) is 28.8 Å². The van der Waals surface area contributed by atoms with Gasteiger partial charge in [-0.2, -0.15) is 0 Å². The summed E-state index contributed by atoms with van der Waals surface area (Å²) in [6.07, 6.45) is 0.